The summed E-state index contributed by atoms with van der Waals surface area (Å²) in [6.07, 6.45) is 5.35. The molecule has 0 heterocycles. The minimum Gasteiger partial charge on any atom is -0.465 e. The molecule has 1 unspecified atom stereocenters. The molecule has 3 heteroatoms. The molecule has 0 aromatic carbocycles. The van der Waals surface area contributed by atoms with Gasteiger partial charge in [-0.1, -0.05) is 13.3 Å². The van der Waals surface area contributed by atoms with Crippen LogP contribution in [0.3, 0.4) is 0 Å². The number of carbonyl (C=O) groups is 1. The van der Waals surface area contributed by atoms with Crippen LogP contribution in [-0.2, 0) is 9.53 Å². The van der Waals surface area contributed by atoms with Crippen molar-refractivity contribution in [3.63, 3.8) is 0 Å². The average molecular weight is 187 g/mol. The number of aliphatic hydroxyl groups is 1. The maximum Gasteiger partial charge on any atom is 0.293 e. The molecule has 0 saturated carbocycles. The van der Waals surface area contributed by atoms with Gasteiger partial charge in [0.2, 0.25) is 0 Å². The van der Waals surface area contributed by atoms with Crippen LogP contribution in [0.2, 0.25) is 0 Å². The van der Waals surface area contributed by atoms with Gasteiger partial charge in [0.1, 0.15) is 6.10 Å². The van der Waals surface area contributed by atoms with Crippen molar-refractivity contribution in [1.82, 2.24) is 0 Å². The quantitative estimate of drug-likeness (QED) is 0.441. The van der Waals surface area contributed by atoms with Gasteiger partial charge in [-0.2, -0.15) is 0 Å². The summed E-state index contributed by atoms with van der Waals surface area (Å²) in [5, 5.41) is 8.54. The van der Waals surface area contributed by atoms with Crippen molar-refractivity contribution < 1.29 is 14.6 Å². The normalized spacial score (nSPS) is 12.5. The van der Waals surface area contributed by atoms with Gasteiger partial charge in [-0.25, -0.2) is 0 Å². The van der Waals surface area contributed by atoms with Gasteiger partial charge in [0.05, 0.1) is 0 Å². The fraction of sp³-hybridized carbons (Fsp3) is 0.800. The Morgan fingerprint density at radius 2 is 2.08 bits per heavy atom. The topological polar surface area (TPSA) is 46.5 Å². The zero-order valence-corrected chi connectivity index (χ0v) is 8.08. The molecule has 0 fully saturated rings. The second-order valence-corrected chi connectivity index (χ2v) is 3.07. The number of ether oxygens (including phenoxy) is 1. The van der Waals surface area contributed by atoms with Crippen LogP contribution >= 0.6 is 0 Å². The van der Waals surface area contributed by atoms with Crippen LogP contribution in [0.1, 0.15) is 38.5 Å². The summed E-state index contributed by atoms with van der Waals surface area (Å²) in [7, 11) is 0. The molecule has 0 aliphatic carbocycles. The van der Waals surface area contributed by atoms with E-state index in [1.165, 1.54) is 0 Å². The third kappa shape index (κ3) is 7.78. The van der Waals surface area contributed by atoms with E-state index in [0.29, 0.717) is 6.47 Å². The summed E-state index contributed by atoms with van der Waals surface area (Å²) in [6, 6.07) is 0. The maximum atomic E-state index is 10.1. The van der Waals surface area contributed by atoms with E-state index in [9.17, 15) is 4.79 Å². The van der Waals surface area contributed by atoms with E-state index in [2.05, 4.69) is 6.92 Å². The molecule has 1 radical (unpaired) electrons. The summed E-state index contributed by atoms with van der Waals surface area (Å²) in [5.74, 6) is 0. The minimum absolute atomic E-state index is 0.0219. The highest BCUT2D eigenvalue weighted by atomic mass is 16.5. The second kappa shape index (κ2) is 9.52. The average Bonchev–Trinajstić information content (AvgIpc) is 2.13. The molecule has 0 amide bonds. The van der Waals surface area contributed by atoms with Crippen molar-refractivity contribution in [2.75, 3.05) is 6.61 Å². The zero-order chi connectivity index (χ0) is 9.94. The largest absolute Gasteiger partial charge is 0.465 e. The third-order valence-electron chi connectivity index (χ3n) is 1.96. The van der Waals surface area contributed by atoms with Gasteiger partial charge in [-0.05, 0) is 32.1 Å². The Bertz CT molecular complexity index is 115. The minimum atomic E-state index is 0.0219. The van der Waals surface area contributed by atoms with Crippen LogP contribution in [0.15, 0.2) is 0 Å². The van der Waals surface area contributed by atoms with Crippen LogP contribution in [0.25, 0.3) is 0 Å². The Kier molecular flexibility index (Phi) is 9.10. The van der Waals surface area contributed by atoms with E-state index >= 15 is 0 Å². The Morgan fingerprint density at radius 1 is 1.31 bits per heavy atom. The van der Waals surface area contributed by atoms with E-state index in [-0.39, 0.29) is 12.7 Å². The van der Waals surface area contributed by atoms with Gasteiger partial charge in [0.15, 0.2) is 0 Å². The van der Waals surface area contributed by atoms with Crippen LogP contribution in [0.4, 0.5) is 0 Å². The summed E-state index contributed by atoms with van der Waals surface area (Å²) in [5.41, 5.74) is 0. The lowest BCUT2D eigenvalue weighted by molar-refractivity contribution is -0.134. The Morgan fingerprint density at radius 3 is 2.62 bits per heavy atom. The Hall–Kier alpha value is -0.570. The van der Waals surface area contributed by atoms with Crippen LogP contribution in [-0.4, -0.2) is 24.3 Å². The molecule has 0 aromatic rings. The molecule has 13 heavy (non-hydrogen) atoms. The van der Waals surface area contributed by atoms with Gasteiger partial charge in [0.25, 0.3) is 6.47 Å². The van der Waals surface area contributed by atoms with Crippen molar-refractivity contribution in [2.45, 2.75) is 44.6 Å². The molecule has 3 nitrogen and oxygen atoms in total. The summed E-state index contributed by atoms with van der Waals surface area (Å²) in [6.45, 7) is 4.47. The first kappa shape index (κ1) is 12.4. The predicted molar refractivity (Wildman–Crippen MR) is 51.1 cm³/mol. The lowest BCUT2D eigenvalue weighted by atomic mass is 10.1. The fourth-order valence-electron chi connectivity index (χ4n) is 1.25. The third-order valence-corrected chi connectivity index (χ3v) is 1.96. The van der Waals surface area contributed by atoms with E-state index in [0.717, 1.165) is 38.5 Å². The van der Waals surface area contributed by atoms with Crippen LogP contribution < -0.4 is 0 Å². The molecule has 1 atom stereocenters. The molecule has 77 valence electrons. The molecule has 0 aromatic heterocycles. The molecule has 0 rings (SSSR count). The number of hydrogen-bond donors (Lipinski definition) is 1. The lowest BCUT2D eigenvalue weighted by Gasteiger charge is -2.13. The highest BCUT2D eigenvalue weighted by Gasteiger charge is 2.06. The van der Waals surface area contributed by atoms with Gasteiger partial charge >= 0.3 is 0 Å². The standard InChI is InChI=1S/C10H19O3/c1-2-6-10(13-9-12)7-4-3-5-8-11/h9-11H,1-8H2. The predicted octanol–water partition coefficient (Wildman–Crippen LogP) is 1.69. The maximum absolute atomic E-state index is 10.1. The molecule has 0 aliphatic heterocycles. The summed E-state index contributed by atoms with van der Waals surface area (Å²) >= 11 is 0. The fourth-order valence-corrected chi connectivity index (χ4v) is 1.25. The van der Waals surface area contributed by atoms with Crippen molar-refractivity contribution in [1.29, 1.82) is 0 Å². The number of hydrogen-bond acceptors (Lipinski definition) is 3. The smallest absolute Gasteiger partial charge is 0.293 e. The van der Waals surface area contributed by atoms with Crippen molar-refractivity contribution >= 4 is 6.47 Å². The molecular weight excluding hydrogens is 168 g/mol. The number of rotatable bonds is 9. The SMILES string of the molecule is [CH2]CCC(CCCCCO)OC=O. The summed E-state index contributed by atoms with van der Waals surface area (Å²) < 4.78 is 4.88. The first-order valence-electron chi connectivity index (χ1n) is 4.84. The highest BCUT2D eigenvalue weighted by Crippen LogP contribution is 2.10. The molecule has 1 N–H and O–H groups in total. The van der Waals surface area contributed by atoms with Crippen molar-refractivity contribution in [2.24, 2.45) is 0 Å². The van der Waals surface area contributed by atoms with Gasteiger partial charge in [0, 0.05) is 6.61 Å². The van der Waals surface area contributed by atoms with E-state index in [1.807, 2.05) is 0 Å². The van der Waals surface area contributed by atoms with E-state index in [4.69, 9.17) is 9.84 Å². The molecule has 0 spiro atoms. The number of carbonyl (C=O) groups excluding carboxylic acids is 1. The van der Waals surface area contributed by atoms with Crippen molar-refractivity contribution in [3.05, 3.63) is 6.92 Å². The number of unbranched alkanes of at least 4 members (excludes halogenated alkanes) is 2. The zero-order valence-electron chi connectivity index (χ0n) is 8.08. The van der Waals surface area contributed by atoms with Crippen molar-refractivity contribution in [3.8, 4) is 0 Å². The van der Waals surface area contributed by atoms with Gasteiger partial charge in [-0.15, -0.1) is 0 Å². The van der Waals surface area contributed by atoms with Gasteiger partial charge < -0.3 is 9.84 Å². The van der Waals surface area contributed by atoms with E-state index in [1.54, 1.807) is 0 Å². The highest BCUT2D eigenvalue weighted by molar-refractivity contribution is 5.37. The van der Waals surface area contributed by atoms with Crippen LogP contribution in [0.5, 0.6) is 0 Å². The van der Waals surface area contributed by atoms with E-state index < -0.39 is 0 Å². The Balaban J connectivity index is 3.38. The summed E-state index contributed by atoms with van der Waals surface area (Å²) in [4.78, 5) is 10.1. The molecule has 0 aliphatic rings. The second-order valence-electron chi connectivity index (χ2n) is 3.07. The molecule has 0 bridgehead atoms. The first-order chi connectivity index (χ1) is 6.35. The number of aliphatic hydroxyl groups excluding tert-OH is 1. The molecular formula is C10H19O3. The molecule has 0 saturated heterocycles. The monoisotopic (exact) mass is 187 g/mol. The first-order valence-corrected chi connectivity index (χ1v) is 4.84. The lowest BCUT2D eigenvalue weighted by Crippen LogP contribution is -2.11. The van der Waals surface area contributed by atoms with Crippen LogP contribution in [0, 0.1) is 6.92 Å². The van der Waals surface area contributed by atoms with Gasteiger partial charge in [-0.3, -0.25) is 4.79 Å². The Labute approximate surface area is 80.1 Å².